The van der Waals surface area contributed by atoms with Gasteiger partial charge in [0.05, 0.1) is 10.6 Å². The van der Waals surface area contributed by atoms with Crippen molar-refractivity contribution >= 4 is 11.6 Å². The van der Waals surface area contributed by atoms with Gasteiger partial charge in [0.15, 0.2) is 0 Å². The lowest BCUT2D eigenvalue weighted by Crippen LogP contribution is -2.25. The van der Waals surface area contributed by atoms with Crippen molar-refractivity contribution < 1.29 is 14.2 Å². The molecule has 2 rings (SSSR count). The Balaban J connectivity index is 1.91. The van der Waals surface area contributed by atoms with Crippen LogP contribution < -0.4 is 5.32 Å². The van der Waals surface area contributed by atoms with Crippen LogP contribution in [0.1, 0.15) is 21.8 Å². The minimum atomic E-state index is -0.534. The smallest absolute Gasteiger partial charge is 0.270 e. The molecule has 1 heterocycles. The Morgan fingerprint density at radius 1 is 1.45 bits per heavy atom. The molecule has 0 atom stereocenters. The van der Waals surface area contributed by atoms with Crippen LogP contribution >= 0.6 is 0 Å². The molecule has 0 fully saturated rings. The summed E-state index contributed by atoms with van der Waals surface area (Å²) in [6.07, 6.45) is 0.515. The number of carbonyl (C=O) groups is 1. The summed E-state index contributed by atoms with van der Waals surface area (Å²) in [5.41, 5.74) is 0.932. The SMILES string of the molecule is Cc1cc(CCNC(=O)c2cccc([N+](=O)[O-])c2)on1. The van der Waals surface area contributed by atoms with Crippen LogP contribution in [0.5, 0.6) is 0 Å². The van der Waals surface area contributed by atoms with E-state index in [4.69, 9.17) is 4.52 Å². The maximum absolute atomic E-state index is 11.8. The highest BCUT2D eigenvalue weighted by atomic mass is 16.6. The van der Waals surface area contributed by atoms with Crippen LogP contribution in [-0.2, 0) is 6.42 Å². The summed E-state index contributed by atoms with van der Waals surface area (Å²) in [6.45, 7) is 2.19. The Morgan fingerprint density at radius 2 is 2.25 bits per heavy atom. The molecule has 0 aliphatic heterocycles. The normalized spacial score (nSPS) is 10.2. The second kappa shape index (κ2) is 5.96. The first-order valence-corrected chi connectivity index (χ1v) is 6.01. The Kier molecular flexibility index (Phi) is 4.09. The number of nitrogens with one attached hydrogen (secondary N) is 1. The summed E-state index contributed by atoms with van der Waals surface area (Å²) < 4.78 is 5.01. The molecule has 1 aromatic carbocycles. The van der Waals surface area contributed by atoms with E-state index in [1.807, 2.05) is 6.92 Å². The van der Waals surface area contributed by atoms with Gasteiger partial charge in [0.2, 0.25) is 0 Å². The molecule has 7 nitrogen and oxygen atoms in total. The molecule has 0 saturated heterocycles. The number of nitro benzene ring substituents is 1. The maximum Gasteiger partial charge on any atom is 0.270 e. The van der Waals surface area contributed by atoms with Gasteiger partial charge >= 0.3 is 0 Å². The quantitative estimate of drug-likeness (QED) is 0.663. The molecule has 0 aliphatic carbocycles. The minimum Gasteiger partial charge on any atom is -0.361 e. The minimum absolute atomic E-state index is 0.108. The van der Waals surface area contributed by atoms with Gasteiger partial charge in [0.1, 0.15) is 5.76 Å². The maximum atomic E-state index is 11.8. The summed E-state index contributed by atoms with van der Waals surface area (Å²) in [7, 11) is 0. The van der Waals surface area contributed by atoms with Crippen LogP contribution in [0.2, 0.25) is 0 Å². The largest absolute Gasteiger partial charge is 0.361 e. The molecule has 0 unspecified atom stereocenters. The van der Waals surface area contributed by atoms with Gasteiger partial charge < -0.3 is 9.84 Å². The standard InChI is InChI=1S/C13H13N3O4/c1-9-7-12(20-15-9)5-6-14-13(17)10-3-2-4-11(8-10)16(18)19/h2-4,7-8H,5-6H2,1H3,(H,14,17). The summed E-state index contributed by atoms with van der Waals surface area (Å²) in [6, 6.07) is 7.38. The van der Waals surface area contributed by atoms with Crippen LogP contribution in [0, 0.1) is 17.0 Å². The highest BCUT2D eigenvalue weighted by molar-refractivity contribution is 5.94. The van der Waals surface area contributed by atoms with Gasteiger partial charge in [-0.3, -0.25) is 14.9 Å². The number of hydrogen-bond donors (Lipinski definition) is 1. The molecule has 0 aliphatic rings. The monoisotopic (exact) mass is 275 g/mol. The third-order valence-electron chi connectivity index (χ3n) is 2.65. The number of carbonyl (C=O) groups excluding carboxylic acids is 1. The number of aromatic nitrogens is 1. The highest BCUT2D eigenvalue weighted by Crippen LogP contribution is 2.12. The fraction of sp³-hybridized carbons (Fsp3) is 0.231. The van der Waals surface area contributed by atoms with Crippen molar-refractivity contribution in [3.05, 3.63) is 57.5 Å². The average molecular weight is 275 g/mol. The fourth-order valence-electron chi connectivity index (χ4n) is 1.70. The van der Waals surface area contributed by atoms with Crippen LogP contribution in [0.4, 0.5) is 5.69 Å². The van der Waals surface area contributed by atoms with Gasteiger partial charge in [-0.15, -0.1) is 0 Å². The predicted octanol–water partition coefficient (Wildman–Crippen LogP) is 1.86. The van der Waals surface area contributed by atoms with Gasteiger partial charge in [-0.2, -0.15) is 0 Å². The number of non-ortho nitro benzene ring substituents is 1. The lowest BCUT2D eigenvalue weighted by atomic mass is 10.2. The molecule has 7 heteroatoms. The van der Waals surface area contributed by atoms with Crippen molar-refractivity contribution in [2.24, 2.45) is 0 Å². The van der Waals surface area contributed by atoms with Crippen LogP contribution in [-0.4, -0.2) is 22.5 Å². The molecule has 2 aromatic rings. The second-order valence-electron chi connectivity index (χ2n) is 4.25. The molecule has 0 spiro atoms. The molecule has 0 bridgehead atoms. The summed E-state index contributed by atoms with van der Waals surface area (Å²) >= 11 is 0. The Hall–Kier alpha value is -2.70. The van der Waals surface area contributed by atoms with E-state index in [1.54, 1.807) is 6.07 Å². The highest BCUT2D eigenvalue weighted by Gasteiger charge is 2.11. The van der Waals surface area contributed by atoms with Crippen molar-refractivity contribution in [2.45, 2.75) is 13.3 Å². The molecule has 20 heavy (non-hydrogen) atoms. The zero-order valence-electron chi connectivity index (χ0n) is 10.8. The Bertz CT molecular complexity index is 636. The summed E-state index contributed by atoms with van der Waals surface area (Å²) in [5.74, 6) is 0.326. The van der Waals surface area contributed by atoms with E-state index in [9.17, 15) is 14.9 Å². The fourth-order valence-corrected chi connectivity index (χ4v) is 1.70. The van der Waals surface area contributed by atoms with Crippen molar-refractivity contribution in [2.75, 3.05) is 6.54 Å². The van der Waals surface area contributed by atoms with E-state index in [0.717, 1.165) is 5.69 Å². The number of rotatable bonds is 5. The zero-order valence-corrected chi connectivity index (χ0v) is 10.8. The van der Waals surface area contributed by atoms with E-state index in [-0.39, 0.29) is 17.2 Å². The lowest BCUT2D eigenvalue weighted by Gasteiger charge is -2.03. The van der Waals surface area contributed by atoms with E-state index < -0.39 is 4.92 Å². The molecule has 1 amide bonds. The number of nitrogens with zero attached hydrogens (tertiary/aromatic N) is 2. The van der Waals surface area contributed by atoms with E-state index >= 15 is 0 Å². The number of hydrogen-bond acceptors (Lipinski definition) is 5. The van der Waals surface area contributed by atoms with E-state index in [2.05, 4.69) is 10.5 Å². The number of aryl methyl sites for hydroxylation is 1. The Morgan fingerprint density at radius 3 is 2.90 bits per heavy atom. The number of benzene rings is 1. The predicted molar refractivity (Wildman–Crippen MR) is 70.4 cm³/mol. The lowest BCUT2D eigenvalue weighted by molar-refractivity contribution is -0.384. The molecule has 0 radical (unpaired) electrons. The average Bonchev–Trinajstić information content (AvgIpc) is 2.84. The molecule has 104 valence electrons. The molecule has 1 N–H and O–H groups in total. The number of amides is 1. The topological polar surface area (TPSA) is 98.3 Å². The van der Waals surface area contributed by atoms with Crippen molar-refractivity contribution in [1.29, 1.82) is 0 Å². The van der Waals surface area contributed by atoms with Gasteiger partial charge in [-0.25, -0.2) is 0 Å². The van der Waals surface area contributed by atoms with Crippen molar-refractivity contribution in [3.63, 3.8) is 0 Å². The van der Waals surface area contributed by atoms with Crippen molar-refractivity contribution in [3.8, 4) is 0 Å². The van der Waals surface area contributed by atoms with Gasteiger partial charge in [-0.1, -0.05) is 11.2 Å². The summed E-state index contributed by atoms with van der Waals surface area (Å²) in [5, 5.41) is 17.0. The van der Waals surface area contributed by atoms with Crippen LogP contribution in [0.3, 0.4) is 0 Å². The first-order valence-electron chi connectivity index (χ1n) is 6.01. The molecule has 0 saturated carbocycles. The van der Waals surface area contributed by atoms with Crippen LogP contribution in [0.15, 0.2) is 34.9 Å². The molecular formula is C13H13N3O4. The van der Waals surface area contributed by atoms with E-state index in [1.165, 1.54) is 24.3 Å². The van der Waals surface area contributed by atoms with Gasteiger partial charge in [0.25, 0.3) is 11.6 Å². The van der Waals surface area contributed by atoms with Crippen molar-refractivity contribution in [1.82, 2.24) is 10.5 Å². The van der Waals surface area contributed by atoms with Crippen LogP contribution in [0.25, 0.3) is 0 Å². The molecule has 1 aromatic heterocycles. The first kappa shape index (κ1) is 13.7. The van der Waals surface area contributed by atoms with Gasteiger partial charge in [-0.05, 0) is 13.0 Å². The Labute approximate surface area is 114 Å². The number of nitro groups is 1. The van der Waals surface area contributed by atoms with E-state index in [0.29, 0.717) is 18.7 Å². The third kappa shape index (κ3) is 3.41. The zero-order chi connectivity index (χ0) is 14.5. The van der Waals surface area contributed by atoms with Gasteiger partial charge in [0, 0.05) is 36.7 Å². The third-order valence-corrected chi connectivity index (χ3v) is 2.65. The molecular weight excluding hydrogens is 262 g/mol. The summed E-state index contributed by atoms with van der Waals surface area (Å²) in [4.78, 5) is 21.9. The first-order chi connectivity index (χ1) is 9.56. The second-order valence-corrected chi connectivity index (χ2v) is 4.25.